The minimum atomic E-state index is -0.989. The summed E-state index contributed by atoms with van der Waals surface area (Å²) in [6, 6.07) is 7.01. The van der Waals surface area contributed by atoms with Gasteiger partial charge in [-0.05, 0) is 26.0 Å². The van der Waals surface area contributed by atoms with E-state index in [0.29, 0.717) is 10.7 Å². The number of para-hydroxylation sites is 1. The van der Waals surface area contributed by atoms with Crippen molar-refractivity contribution in [2.24, 2.45) is 12.5 Å². The first-order chi connectivity index (χ1) is 12.7. The number of halogens is 1. The molecule has 2 heterocycles. The zero-order valence-corrected chi connectivity index (χ0v) is 16.1. The van der Waals surface area contributed by atoms with Crippen LogP contribution in [-0.2, 0) is 23.1 Å². The number of fused-ring (bicyclic) bond motifs is 1. The van der Waals surface area contributed by atoms with E-state index < -0.39 is 22.6 Å². The van der Waals surface area contributed by atoms with Gasteiger partial charge in [0.15, 0.2) is 11.2 Å². The molecule has 27 heavy (non-hydrogen) atoms. The van der Waals surface area contributed by atoms with Gasteiger partial charge in [0.1, 0.15) is 6.33 Å². The third kappa shape index (κ3) is 3.06. The van der Waals surface area contributed by atoms with Gasteiger partial charge in [0, 0.05) is 13.6 Å². The van der Waals surface area contributed by atoms with Crippen LogP contribution in [0.15, 0.2) is 40.2 Å². The number of hydrogen-bond donors (Lipinski definition) is 0. The van der Waals surface area contributed by atoms with Gasteiger partial charge in [0.2, 0.25) is 0 Å². The molecule has 0 saturated carbocycles. The van der Waals surface area contributed by atoms with Gasteiger partial charge in [-0.3, -0.25) is 23.3 Å². The molecule has 0 saturated heterocycles. The highest BCUT2D eigenvalue weighted by Crippen LogP contribution is 2.24. The van der Waals surface area contributed by atoms with Crippen molar-refractivity contribution >= 4 is 28.7 Å². The molecule has 9 heteroatoms. The molecule has 3 aromatic rings. The maximum atomic E-state index is 12.8. The van der Waals surface area contributed by atoms with E-state index in [4.69, 9.17) is 16.3 Å². The highest BCUT2D eigenvalue weighted by Gasteiger charge is 2.31. The summed E-state index contributed by atoms with van der Waals surface area (Å²) in [6.45, 7) is 3.32. The van der Waals surface area contributed by atoms with Crippen LogP contribution in [0.1, 0.15) is 13.8 Å². The summed E-state index contributed by atoms with van der Waals surface area (Å²) in [4.78, 5) is 41.8. The summed E-state index contributed by atoms with van der Waals surface area (Å²) < 4.78 is 8.66. The topological polar surface area (TPSA) is 88.1 Å². The van der Waals surface area contributed by atoms with Gasteiger partial charge in [0.05, 0.1) is 23.2 Å². The minimum absolute atomic E-state index is 0.00264. The number of carbonyl (C=O) groups is 1. The maximum Gasteiger partial charge on any atom is 0.332 e. The van der Waals surface area contributed by atoms with E-state index in [-0.39, 0.29) is 17.7 Å². The summed E-state index contributed by atoms with van der Waals surface area (Å²) in [6.07, 6.45) is 1.44. The molecule has 3 rings (SSSR count). The van der Waals surface area contributed by atoms with Crippen LogP contribution in [0.2, 0.25) is 5.02 Å². The van der Waals surface area contributed by atoms with E-state index in [2.05, 4.69) is 4.98 Å². The average Bonchev–Trinajstić information content (AvgIpc) is 3.07. The van der Waals surface area contributed by atoms with Crippen LogP contribution in [0, 0.1) is 5.41 Å². The Morgan fingerprint density at radius 1 is 1.26 bits per heavy atom. The monoisotopic (exact) mass is 390 g/mol. The molecule has 142 valence electrons. The number of imidazole rings is 1. The van der Waals surface area contributed by atoms with Crippen molar-refractivity contribution in [2.45, 2.75) is 20.4 Å². The Morgan fingerprint density at radius 2 is 1.93 bits per heavy atom. The van der Waals surface area contributed by atoms with E-state index in [1.54, 1.807) is 42.7 Å². The summed E-state index contributed by atoms with van der Waals surface area (Å²) in [5.41, 5.74) is -1.10. The molecule has 0 bridgehead atoms. The lowest BCUT2D eigenvalue weighted by atomic mass is 9.93. The predicted molar refractivity (Wildman–Crippen MR) is 101 cm³/mol. The predicted octanol–water partition coefficient (Wildman–Crippen LogP) is 1.74. The maximum absolute atomic E-state index is 12.8. The van der Waals surface area contributed by atoms with E-state index in [1.165, 1.54) is 25.1 Å². The van der Waals surface area contributed by atoms with Crippen molar-refractivity contribution in [3.05, 3.63) is 56.5 Å². The van der Waals surface area contributed by atoms with Gasteiger partial charge in [-0.25, -0.2) is 9.78 Å². The SMILES string of the molecule is COC(=O)C(C)(C)Cn1c(=O)n(C)c(=O)c2c1ncn2-c1ccccc1Cl. The van der Waals surface area contributed by atoms with Crippen LogP contribution in [-0.4, -0.2) is 31.8 Å². The number of methoxy groups -OCH3 is 1. The normalized spacial score (nSPS) is 11.7. The van der Waals surface area contributed by atoms with Crippen molar-refractivity contribution < 1.29 is 9.53 Å². The Balaban J connectivity index is 2.32. The van der Waals surface area contributed by atoms with Crippen molar-refractivity contribution in [1.82, 2.24) is 18.7 Å². The number of aromatic nitrogens is 4. The number of rotatable bonds is 4. The first kappa shape index (κ1) is 18.9. The van der Waals surface area contributed by atoms with E-state index in [1.807, 2.05) is 0 Å². The van der Waals surface area contributed by atoms with Gasteiger partial charge < -0.3 is 4.74 Å². The molecule has 1 aromatic carbocycles. The lowest BCUT2D eigenvalue weighted by molar-refractivity contribution is -0.151. The third-order valence-electron chi connectivity index (χ3n) is 4.43. The van der Waals surface area contributed by atoms with Gasteiger partial charge in [0.25, 0.3) is 5.56 Å². The molecule has 0 aliphatic carbocycles. The quantitative estimate of drug-likeness (QED) is 0.633. The number of hydrogen-bond acceptors (Lipinski definition) is 5. The first-order valence-electron chi connectivity index (χ1n) is 8.19. The summed E-state index contributed by atoms with van der Waals surface area (Å²) >= 11 is 6.26. The van der Waals surface area contributed by atoms with Crippen LogP contribution in [0.3, 0.4) is 0 Å². The Morgan fingerprint density at radius 3 is 2.56 bits per heavy atom. The van der Waals surface area contributed by atoms with Gasteiger partial charge >= 0.3 is 11.7 Å². The van der Waals surface area contributed by atoms with Gasteiger partial charge in [-0.15, -0.1) is 0 Å². The number of esters is 1. The van der Waals surface area contributed by atoms with Gasteiger partial charge in [-0.2, -0.15) is 0 Å². The molecule has 0 unspecified atom stereocenters. The fourth-order valence-corrected chi connectivity index (χ4v) is 3.19. The van der Waals surface area contributed by atoms with Crippen LogP contribution in [0.4, 0.5) is 0 Å². The summed E-state index contributed by atoms with van der Waals surface area (Å²) in [7, 11) is 2.67. The highest BCUT2D eigenvalue weighted by molar-refractivity contribution is 6.32. The molecular weight excluding hydrogens is 372 g/mol. The number of benzene rings is 1. The van der Waals surface area contributed by atoms with E-state index >= 15 is 0 Å². The molecule has 2 aromatic heterocycles. The minimum Gasteiger partial charge on any atom is -0.469 e. The second-order valence-corrected chi connectivity index (χ2v) is 7.25. The molecule has 0 N–H and O–H groups in total. The molecule has 0 radical (unpaired) electrons. The molecule has 0 spiro atoms. The zero-order valence-electron chi connectivity index (χ0n) is 15.4. The highest BCUT2D eigenvalue weighted by atomic mass is 35.5. The molecule has 8 nitrogen and oxygen atoms in total. The average molecular weight is 391 g/mol. The van der Waals surface area contributed by atoms with Crippen molar-refractivity contribution in [1.29, 1.82) is 0 Å². The van der Waals surface area contributed by atoms with E-state index in [9.17, 15) is 14.4 Å². The second kappa shape index (κ2) is 6.70. The molecule has 0 amide bonds. The fraction of sp³-hybridized carbons (Fsp3) is 0.333. The third-order valence-corrected chi connectivity index (χ3v) is 4.75. The Labute approximate surface area is 159 Å². The first-order valence-corrected chi connectivity index (χ1v) is 8.57. The number of nitrogens with zero attached hydrogens (tertiary/aromatic N) is 4. The van der Waals surface area contributed by atoms with Gasteiger partial charge in [-0.1, -0.05) is 23.7 Å². The van der Waals surface area contributed by atoms with Crippen molar-refractivity contribution in [2.75, 3.05) is 7.11 Å². The Bertz CT molecular complexity index is 1160. The summed E-state index contributed by atoms with van der Waals surface area (Å²) in [5, 5.41) is 0.437. The molecule has 0 fully saturated rings. The summed E-state index contributed by atoms with van der Waals surface area (Å²) in [5.74, 6) is -0.470. The second-order valence-electron chi connectivity index (χ2n) is 6.85. The Kier molecular flexibility index (Phi) is 4.69. The molecular formula is C18H19ClN4O4. The number of carbonyl (C=O) groups excluding carboxylic acids is 1. The lowest BCUT2D eigenvalue weighted by Gasteiger charge is -2.22. The van der Waals surface area contributed by atoms with Crippen LogP contribution in [0.5, 0.6) is 0 Å². The van der Waals surface area contributed by atoms with Crippen LogP contribution >= 0.6 is 11.6 Å². The largest absolute Gasteiger partial charge is 0.469 e. The standard InChI is InChI=1S/C18H19ClN4O4/c1-18(2,16(25)27-4)9-22-14-13(15(24)21(3)17(22)26)23(10-20-14)12-8-6-5-7-11(12)19/h5-8,10H,9H2,1-4H3. The smallest absolute Gasteiger partial charge is 0.332 e. The van der Waals surface area contributed by atoms with Crippen molar-refractivity contribution in [3.63, 3.8) is 0 Å². The molecule has 0 atom stereocenters. The van der Waals surface area contributed by atoms with Crippen molar-refractivity contribution in [3.8, 4) is 5.69 Å². The van der Waals surface area contributed by atoms with Crippen LogP contribution < -0.4 is 11.2 Å². The zero-order chi connectivity index (χ0) is 19.9. The van der Waals surface area contributed by atoms with E-state index in [0.717, 1.165) is 4.57 Å². The fourth-order valence-electron chi connectivity index (χ4n) is 2.96. The van der Waals surface area contributed by atoms with Crippen LogP contribution in [0.25, 0.3) is 16.9 Å². The lowest BCUT2D eigenvalue weighted by Crippen LogP contribution is -2.42. The molecule has 0 aliphatic heterocycles. The number of ether oxygens (including phenoxy) is 1. The Hall–Kier alpha value is -2.87. The molecule has 0 aliphatic rings.